The Morgan fingerprint density at radius 2 is 1.68 bits per heavy atom. The number of fused-ring (bicyclic) bond motifs is 1. The molecular weight excluding hydrogens is 396 g/mol. The maximum atomic E-state index is 13.1. The van der Waals surface area contributed by atoms with Crippen molar-refractivity contribution in [2.45, 2.75) is 32.5 Å². The zero-order chi connectivity index (χ0) is 20.1. The second-order valence-electron chi connectivity index (χ2n) is 7.78. The Kier molecular flexibility index (Phi) is 4.98. The zero-order valence-electron chi connectivity index (χ0n) is 15.9. The lowest BCUT2D eigenvalue weighted by Gasteiger charge is -2.43. The monoisotopic (exact) mass is 418 g/mol. The molecule has 0 aliphatic carbocycles. The van der Waals surface area contributed by atoms with E-state index in [0.717, 1.165) is 22.4 Å². The van der Waals surface area contributed by atoms with Gasteiger partial charge in [0.05, 0.1) is 24.1 Å². The number of hydrogen-bond acceptors (Lipinski definition) is 4. The minimum Gasteiger partial charge on any atom is -0.306 e. The highest BCUT2D eigenvalue weighted by Gasteiger charge is 2.49. The van der Waals surface area contributed by atoms with Crippen LogP contribution in [0.15, 0.2) is 42.5 Å². The Balaban J connectivity index is 1.67. The summed E-state index contributed by atoms with van der Waals surface area (Å²) in [5.74, 6) is 0.0309. The van der Waals surface area contributed by atoms with Gasteiger partial charge in [0.2, 0.25) is 5.91 Å². The molecule has 2 aliphatic heterocycles. The van der Waals surface area contributed by atoms with Gasteiger partial charge in [-0.1, -0.05) is 29.8 Å². The molecule has 0 unspecified atom stereocenters. The molecule has 0 aromatic heterocycles. The minimum absolute atomic E-state index is 0.00739. The molecule has 0 bridgehead atoms. The van der Waals surface area contributed by atoms with E-state index in [1.54, 1.807) is 4.90 Å². The Hall–Kier alpha value is -1.89. The molecule has 2 atom stereocenters. The van der Waals surface area contributed by atoms with E-state index in [4.69, 9.17) is 11.6 Å². The fourth-order valence-electron chi connectivity index (χ4n) is 4.17. The van der Waals surface area contributed by atoms with Crippen molar-refractivity contribution in [3.63, 3.8) is 0 Å². The fourth-order valence-corrected chi connectivity index (χ4v) is 6.27. The number of halogens is 1. The number of benzene rings is 2. The van der Waals surface area contributed by atoms with Gasteiger partial charge < -0.3 is 4.90 Å². The molecule has 2 fully saturated rings. The summed E-state index contributed by atoms with van der Waals surface area (Å²) in [6, 6.07) is 12.8. The average molecular weight is 419 g/mol. The molecule has 2 heterocycles. The second kappa shape index (κ2) is 7.17. The Bertz CT molecular complexity index is 1020. The number of sulfone groups is 1. The SMILES string of the molecule is Cc1ccc(N2C(=O)CN(Cc3ccc(Cl)cc3)[C@H]3CS(=O)(=O)C[C@@H]32)cc1C. The van der Waals surface area contributed by atoms with Crippen LogP contribution in [-0.2, 0) is 21.2 Å². The number of nitrogens with zero attached hydrogens (tertiary/aromatic N) is 2. The highest BCUT2D eigenvalue weighted by atomic mass is 35.5. The summed E-state index contributed by atoms with van der Waals surface area (Å²) in [7, 11) is -3.20. The Morgan fingerprint density at radius 1 is 1.00 bits per heavy atom. The molecule has 0 N–H and O–H groups in total. The van der Waals surface area contributed by atoms with Crippen LogP contribution in [0.5, 0.6) is 0 Å². The minimum atomic E-state index is -3.20. The molecule has 7 heteroatoms. The van der Waals surface area contributed by atoms with Crippen LogP contribution in [0.3, 0.4) is 0 Å². The van der Waals surface area contributed by atoms with Crippen LogP contribution in [0.4, 0.5) is 5.69 Å². The third-order valence-electron chi connectivity index (χ3n) is 5.77. The van der Waals surface area contributed by atoms with Crippen LogP contribution in [0.2, 0.25) is 5.02 Å². The highest BCUT2D eigenvalue weighted by molar-refractivity contribution is 7.91. The van der Waals surface area contributed by atoms with E-state index in [0.29, 0.717) is 11.6 Å². The molecule has 5 nitrogen and oxygen atoms in total. The van der Waals surface area contributed by atoms with Crippen LogP contribution in [0, 0.1) is 13.8 Å². The first-order valence-electron chi connectivity index (χ1n) is 9.32. The van der Waals surface area contributed by atoms with Crippen LogP contribution in [0.1, 0.15) is 16.7 Å². The number of amides is 1. The summed E-state index contributed by atoms with van der Waals surface area (Å²) < 4.78 is 24.9. The Labute approximate surface area is 170 Å². The fraction of sp³-hybridized carbons (Fsp3) is 0.381. The lowest BCUT2D eigenvalue weighted by molar-refractivity contribution is -0.123. The summed E-state index contributed by atoms with van der Waals surface area (Å²) in [5.41, 5.74) is 4.03. The van der Waals surface area contributed by atoms with E-state index in [-0.39, 0.29) is 36.0 Å². The number of piperazine rings is 1. The van der Waals surface area contributed by atoms with Gasteiger partial charge in [-0.2, -0.15) is 0 Å². The number of anilines is 1. The zero-order valence-corrected chi connectivity index (χ0v) is 17.5. The van der Waals surface area contributed by atoms with Crippen LogP contribution in [0.25, 0.3) is 0 Å². The number of carbonyl (C=O) groups excluding carboxylic acids is 1. The standard InChI is InChI=1S/C21H23ClN2O3S/c1-14-3-8-18(9-15(14)2)24-20-13-28(26,27)12-19(20)23(11-21(24)25)10-16-4-6-17(22)7-5-16/h3-9,19-20H,10-13H2,1-2H3/t19-,20-/m0/s1. The molecule has 0 radical (unpaired) electrons. The third-order valence-corrected chi connectivity index (χ3v) is 7.72. The maximum Gasteiger partial charge on any atom is 0.241 e. The van der Waals surface area contributed by atoms with Crippen molar-refractivity contribution in [1.82, 2.24) is 4.90 Å². The summed E-state index contributed by atoms with van der Waals surface area (Å²) in [4.78, 5) is 16.8. The molecule has 0 saturated carbocycles. The van der Waals surface area contributed by atoms with Crippen molar-refractivity contribution in [3.05, 3.63) is 64.2 Å². The molecule has 4 rings (SSSR count). The molecule has 148 valence electrons. The lowest BCUT2D eigenvalue weighted by Crippen LogP contribution is -2.61. The van der Waals surface area contributed by atoms with E-state index in [2.05, 4.69) is 0 Å². The first-order valence-corrected chi connectivity index (χ1v) is 11.5. The van der Waals surface area contributed by atoms with Crippen molar-refractivity contribution in [3.8, 4) is 0 Å². The summed E-state index contributed by atoms with van der Waals surface area (Å²) in [5, 5.41) is 0.653. The van der Waals surface area contributed by atoms with Crippen molar-refractivity contribution in [2.24, 2.45) is 0 Å². The lowest BCUT2D eigenvalue weighted by atomic mass is 10.0. The van der Waals surface area contributed by atoms with Gasteiger partial charge in [0.25, 0.3) is 0 Å². The summed E-state index contributed by atoms with van der Waals surface area (Å²) in [6.45, 7) is 4.75. The number of carbonyl (C=O) groups is 1. The van der Waals surface area contributed by atoms with Gasteiger partial charge in [0.15, 0.2) is 9.84 Å². The van der Waals surface area contributed by atoms with Crippen LogP contribution >= 0.6 is 11.6 Å². The van der Waals surface area contributed by atoms with E-state index < -0.39 is 9.84 Å². The van der Waals surface area contributed by atoms with Crippen LogP contribution in [-0.4, -0.2) is 49.4 Å². The predicted molar refractivity (Wildman–Crippen MR) is 111 cm³/mol. The largest absolute Gasteiger partial charge is 0.306 e. The van der Waals surface area contributed by atoms with E-state index in [1.165, 1.54) is 0 Å². The van der Waals surface area contributed by atoms with Gasteiger partial charge in [0, 0.05) is 23.3 Å². The van der Waals surface area contributed by atoms with E-state index >= 15 is 0 Å². The number of aryl methyl sites for hydroxylation is 2. The maximum absolute atomic E-state index is 13.1. The molecule has 2 aromatic carbocycles. The van der Waals surface area contributed by atoms with Gasteiger partial charge >= 0.3 is 0 Å². The molecule has 2 aliphatic rings. The first kappa shape index (κ1) is 19.4. The topological polar surface area (TPSA) is 57.7 Å². The van der Waals surface area contributed by atoms with Gasteiger partial charge in [0.1, 0.15) is 0 Å². The van der Waals surface area contributed by atoms with Gasteiger partial charge in [-0.15, -0.1) is 0 Å². The third kappa shape index (κ3) is 3.69. The van der Waals surface area contributed by atoms with Crippen LogP contribution < -0.4 is 4.90 Å². The number of rotatable bonds is 3. The normalized spacial score (nSPS) is 24.4. The van der Waals surface area contributed by atoms with Gasteiger partial charge in [-0.05, 0) is 54.8 Å². The quantitative estimate of drug-likeness (QED) is 0.768. The van der Waals surface area contributed by atoms with Crippen molar-refractivity contribution < 1.29 is 13.2 Å². The highest BCUT2D eigenvalue weighted by Crippen LogP contribution is 2.33. The number of hydrogen-bond donors (Lipinski definition) is 0. The molecular formula is C21H23ClN2O3S. The molecule has 0 spiro atoms. The average Bonchev–Trinajstić information content (AvgIpc) is 2.95. The van der Waals surface area contributed by atoms with Gasteiger partial charge in [-0.3, -0.25) is 9.69 Å². The first-order chi connectivity index (χ1) is 13.2. The van der Waals surface area contributed by atoms with Gasteiger partial charge in [-0.25, -0.2) is 8.42 Å². The summed E-state index contributed by atoms with van der Waals surface area (Å²) in [6.07, 6.45) is 0. The predicted octanol–water partition coefficient (Wildman–Crippen LogP) is 2.97. The smallest absolute Gasteiger partial charge is 0.241 e. The second-order valence-corrected chi connectivity index (χ2v) is 10.4. The van der Waals surface area contributed by atoms with Crippen molar-refractivity contribution >= 4 is 33.0 Å². The molecule has 28 heavy (non-hydrogen) atoms. The Morgan fingerprint density at radius 3 is 2.36 bits per heavy atom. The van der Waals surface area contributed by atoms with Crippen molar-refractivity contribution in [2.75, 3.05) is 23.0 Å². The molecule has 1 amide bonds. The van der Waals surface area contributed by atoms with E-state index in [9.17, 15) is 13.2 Å². The molecule has 2 aromatic rings. The molecule has 2 saturated heterocycles. The van der Waals surface area contributed by atoms with E-state index in [1.807, 2.05) is 61.2 Å². The van der Waals surface area contributed by atoms with Crippen molar-refractivity contribution in [1.29, 1.82) is 0 Å². The summed E-state index contributed by atoms with van der Waals surface area (Å²) >= 11 is 5.96.